The van der Waals surface area contributed by atoms with Crippen LogP contribution in [0.2, 0.25) is 0 Å². The molecule has 5 rings (SSSR count). The summed E-state index contributed by atoms with van der Waals surface area (Å²) in [4.78, 5) is 14.7. The number of nitrogens with one attached hydrogen (secondary N) is 3. The lowest BCUT2D eigenvalue weighted by atomic mass is 9.94. The first-order valence-electron chi connectivity index (χ1n) is 15.8. The third kappa shape index (κ3) is 8.89. The lowest BCUT2D eigenvalue weighted by Gasteiger charge is -2.41. The predicted molar refractivity (Wildman–Crippen MR) is 162 cm³/mol. The lowest BCUT2D eigenvalue weighted by Crippen LogP contribution is -2.51. The maximum Gasteiger partial charge on any atom is 0.225 e. The molecule has 3 N–H and O–H groups in total. The Morgan fingerprint density at radius 2 is 1.44 bits per heavy atom. The quantitative estimate of drug-likeness (QED) is 0.322. The van der Waals surface area contributed by atoms with Crippen molar-refractivity contribution in [2.24, 2.45) is 0 Å². The van der Waals surface area contributed by atoms with E-state index in [9.17, 15) is 0 Å². The second-order valence-electron chi connectivity index (χ2n) is 12.0. The van der Waals surface area contributed by atoms with Gasteiger partial charge in [0.2, 0.25) is 5.95 Å². The van der Waals surface area contributed by atoms with Crippen LogP contribution in [0.15, 0.2) is 30.3 Å². The van der Waals surface area contributed by atoms with E-state index in [1.807, 2.05) is 0 Å². The maximum absolute atomic E-state index is 4.89. The first-order chi connectivity index (χ1) is 19.2. The van der Waals surface area contributed by atoms with Crippen LogP contribution >= 0.6 is 0 Å². The Morgan fingerprint density at radius 3 is 2.15 bits per heavy atom. The molecule has 1 aromatic carbocycles. The molecule has 2 saturated carbocycles. The van der Waals surface area contributed by atoms with Crippen LogP contribution in [0, 0.1) is 6.92 Å². The Bertz CT molecular complexity index is 975. The molecular weight excluding hydrogens is 482 g/mol. The summed E-state index contributed by atoms with van der Waals surface area (Å²) in [6.45, 7) is 10.3. The van der Waals surface area contributed by atoms with E-state index < -0.39 is 0 Å². The van der Waals surface area contributed by atoms with Crippen molar-refractivity contribution in [2.75, 3.05) is 49.5 Å². The monoisotopic (exact) mass is 533 g/mol. The maximum atomic E-state index is 4.89. The van der Waals surface area contributed by atoms with Crippen LogP contribution in [0.3, 0.4) is 0 Å². The fraction of sp³-hybridized carbons (Fsp3) is 0.688. The number of aryl methyl sites for hydroxylation is 1. The third-order valence-corrected chi connectivity index (χ3v) is 8.94. The molecule has 39 heavy (non-hydrogen) atoms. The normalized spacial score (nSPS) is 19.9. The highest BCUT2D eigenvalue weighted by atomic mass is 15.3. The average molecular weight is 534 g/mol. The zero-order chi connectivity index (χ0) is 26.7. The smallest absolute Gasteiger partial charge is 0.225 e. The summed E-state index contributed by atoms with van der Waals surface area (Å²) in [6, 6.07) is 12.6. The van der Waals surface area contributed by atoms with E-state index in [2.05, 4.69) is 68.0 Å². The molecule has 1 aliphatic heterocycles. The Labute approximate surface area is 236 Å². The van der Waals surface area contributed by atoms with E-state index in [-0.39, 0.29) is 0 Å². The Balaban J connectivity index is 1.01. The highest BCUT2D eigenvalue weighted by Crippen LogP contribution is 2.25. The molecule has 214 valence electrons. The summed E-state index contributed by atoms with van der Waals surface area (Å²) >= 11 is 0. The van der Waals surface area contributed by atoms with Crippen molar-refractivity contribution >= 4 is 11.8 Å². The van der Waals surface area contributed by atoms with Crippen LogP contribution in [0.5, 0.6) is 0 Å². The third-order valence-electron chi connectivity index (χ3n) is 8.94. The van der Waals surface area contributed by atoms with E-state index in [4.69, 9.17) is 4.98 Å². The number of hydrogen-bond donors (Lipinski definition) is 3. The van der Waals surface area contributed by atoms with Crippen molar-refractivity contribution in [2.45, 2.75) is 103 Å². The number of rotatable bonds is 12. The van der Waals surface area contributed by atoms with Crippen molar-refractivity contribution in [1.29, 1.82) is 0 Å². The topological polar surface area (TPSA) is 68.3 Å². The molecule has 0 unspecified atom stereocenters. The van der Waals surface area contributed by atoms with E-state index in [0.717, 1.165) is 81.9 Å². The number of aromatic nitrogens is 2. The Morgan fingerprint density at radius 1 is 0.769 bits per heavy atom. The van der Waals surface area contributed by atoms with Gasteiger partial charge in [-0.1, -0.05) is 62.8 Å². The van der Waals surface area contributed by atoms with Crippen molar-refractivity contribution in [3.8, 4) is 0 Å². The van der Waals surface area contributed by atoms with Crippen LogP contribution in [0.4, 0.5) is 11.8 Å². The summed E-state index contributed by atoms with van der Waals surface area (Å²) in [7, 11) is 0. The van der Waals surface area contributed by atoms with Gasteiger partial charge in [0.1, 0.15) is 5.82 Å². The van der Waals surface area contributed by atoms with Gasteiger partial charge in [0, 0.05) is 63.1 Å². The average Bonchev–Trinajstić information content (AvgIpc) is 2.99. The lowest BCUT2D eigenvalue weighted by molar-refractivity contribution is 0.147. The largest absolute Gasteiger partial charge is 0.354 e. The summed E-state index contributed by atoms with van der Waals surface area (Å²) < 4.78 is 0. The zero-order valence-corrected chi connectivity index (χ0v) is 24.3. The van der Waals surface area contributed by atoms with E-state index in [0.29, 0.717) is 0 Å². The van der Waals surface area contributed by atoms with Gasteiger partial charge in [-0.05, 0) is 63.2 Å². The highest BCUT2D eigenvalue weighted by molar-refractivity contribution is 5.45. The van der Waals surface area contributed by atoms with Gasteiger partial charge in [-0.15, -0.1) is 0 Å². The van der Waals surface area contributed by atoms with Crippen LogP contribution in [0.1, 0.15) is 87.4 Å². The van der Waals surface area contributed by atoms with E-state index >= 15 is 0 Å². The summed E-state index contributed by atoms with van der Waals surface area (Å²) in [6.07, 6.45) is 15.1. The zero-order valence-electron chi connectivity index (χ0n) is 24.3. The van der Waals surface area contributed by atoms with Gasteiger partial charge < -0.3 is 20.9 Å². The number of piperazine rings is 1. The molecule has 3 fully saturated rings. The molecule has 0 bridgehead atoms. The SMILES string of the molecule is Cc1cc(N2CCN(C3CCCCC3)CC2)nc(NCc2ccc(CNCCCNC3CCCCC3)cc2)n1. The van der Waals surface area contributed by atoms with Gasteiger partial charge in [-0.25, -0.2) is 4.98 Å². The van der Waals surface area contributed by atoms with E-state index in [1.165, 1.54) is 81.8 Å². The van der Waals surface area contributed by atoms with Crippen molar-refractivity contribution in [3.05, 3.63) is 47.2 Å². The number of nitrogens with zero attached hydrogens (tertiary/aromatic N) is 4. The molecule has 2 aliphatic carbocycles. The fourth-order valence-corrected chi connectivity index (χ4v) is 6.57. The Kier molecular flexibility index (Phi) is 10.9. The summed E-state index contributed by atoms with van der Waals surface area (Å²) in [5.74, 6) is 1.79. The highest BCUT2D eigenvalue weighted by Gasteiger charge is 2.26. The van der Waals surface area contributed by atoms with Crippen LogP contribution < -0.4 is 20.9 Å². The second kappa shape index (κ2) is 15.0. The summed E-state index contributed by atoms with van der Waals surface area (Å²) in [5, 5.41) is 10.8. The molecular formula is C32H51N7. The number of anilines is 2. The number of benzene rings is 1. The van der Waals surface area contributed by atoms with Gasteiger partial charge in [0.25, 0.3) is 0 Å². The first-order valence-corrected chi connectivity index (χ1v) is 15.8. The molecule has 0 radical (unpaired) electrons. The van der Waals surface area contributed by atoms with Gasteiger partial charge in [-0.2, -0.15) is 4.98 Å². The molecule has 1 saturated heterocycles. The van der Waals surface area contributed by atoms with Gasteiger partial charge in [0.05, 0.1) is 0 Å². The molecule has 2 heterocycles. The molecule has 7 nitrogen and oxygen atoms in total. The summed E-state index contributed by atoms with van der Waals surface area (Å²) in [5.41, 5.74) is 3.61. The molecule has 2 aromatic rings. The van der Waals surface area contributed by atoms with Gasteiger partial charge in [0.15, 0.2) is 0 Å². The number of hydrogen-bond acceptors (Lipinski definition) is 7. The van der Waals surface area contributed by atoms with Crippen molar-refractivity contribution in [3.63, 3.8) is 0 Å². The van der Waals surface area contributed by atoms with Crippen molar-refractivity contribution in [1.82, 2.24) is 25.5 Å². The fourth-order valence-electron chi connectivity index (χ4n) is 6.57. The molecule has 1 aromatic heterocycles. The Hall–Kier alpha value is -2.22. The molecule has 7 heteroatoms. The van der Waals surface area contributed by atoms with Crippen LogP contribution in [-0.4, -0.2) is 66.2 Å². The van der Waals surface area contributed by atoms with Gasteiger partial charge >= 0.3 is 0 Å². The molecule has 3 aliphatic rings. The minimum absolute atomic E-state index is 0.729. The van der Waals surface area contributed by atoms with Gasteiger partial charge in [-0.3, -0.25) is 4.90 Å². The second-order valence-corrected chi connectivity index (χ2v) is 12.0. The van der Waals surface area contributed by atoms with Crippen molar-refractivity contribution < 1.29 is 0 Å². The minimum atomic E-state index is 0.729. The predicted octanol–water partition coefficient (Wildman–Crippen LogP) is 5.25. The standard InChI is InChI=1S/C32H51N7/c1-26-23-31(39-21-19-38(20-22-39)30-11-6-3-7-12-30)37-32(36-26)35-25-28-15-13-27(14-16-28)24-33-17-8-18-34-29-9-4-2-5-10-29/h13-16,23,29-30,33-34H,2-12,17-22,24-25H2,1H3,(H,35,36,37). The molecule has 0 spiro atoms. The van der Waals surface area contributed by atoms with E-state index in [1.54, 1.807) is 0 Å². The first kappa shape index (κ1) is 28.3. The van der Waals surface area contributed by atoms with Crippen LogP contribution in [0.25, 0.3) is 0 Å². The minimum Gasteiger partial charge on any atom is -0.354 e. The van der Waals surface area contributed by atoms with Crippen LogP contribution in [-0.2, 0) is 13.1 Å². The molecule has 0 atom stereocenters. The molecule has 0 amide bonds.